The Morgan fingerprint density at radius 2 is 1.46 bits per heavy atom. The number of benzene rings is 2. The zero-order valence-electron chi connectivity index (χ0n) is 40.2. The summed E-state index contributed by atoms with van der Waals surface area (Å²) in [5, 5.41) is 3.88. The van der Waals surface area contributed by atoms with Gasteiger partial charge in [-0.2, -0.15) is 0 Å². The van der Waals surface area contributed by atoms with Crippen molar-refractivity contribution < 1.29 is 42.3 Å². The summed E-state index contributed by atoms with van der Waals surface area (Å²) in [4.78, 5) is 72.4. The molecule has 348 valence electrons. The molecule has 1 fully saturated rings. The number of carbonyl (C=O) groups excluding carboxylic acids is 4. The van der Waals surface area contributed by atoms with Gasteiger partial charge in [0.15, 0.2) is 42.8 Å². The minimum atomic E-state index is -3.01. The third kappa shape index (κ3) is 8.74. The summed E-state index contributed by atoms with van der Waals surface area (Å²) in [5.41, 5.74) is -0.477. The SMILES string of the molecule is CCCN(C(=O)OC(C)(C)C)c1nc(N(C)C)c2c(c1OCc1ccccc1)C(=O)C1C(=O)[C@]3(O[Si](C)(C)C(C)(C)C)C(=O)c4c(OCc5ccccc5)noc4[C@@H](N(C)C)[C@@H]3C[C@@H]1C2. The Bertz CT molecular complexity index is 2440. The number of ether oxygens (including phenoxy) is 3. The molecule has 3 aliphatic carbocycles. The summed E-state index contributed by atoms with van der Waals surface area (Å²) in [6.45, 7) is 17.8. The van der Waals surface area contributed by atoms with Crippen molar-refractivity contribution in [3.8, 4) is 11.6 Å². The molecule has 0 spiro atoms. The van der Waals surface area contributed by atoms with Crippen LogP contribution in [0.25, 0.3) is 0 Å². The summed E-state index contributed by atoms with van der Waals surface area (Å²) in [5.74, 6) is -3.45. The van der Waals surface area contributed by atoms with Crippen LogP contribution in [0.1, 0.15) is 111 Å². The summed E-state index contributed by atoms with van der Waals surface area (Å²) in [6, 6.07) is 18.3. The van der Waals surface area contributed by atoms with E-state index in [2.05, 4.69) is 25.9 Å². The molecule has 14 nitrogen and oxygen atoms in total. The van der Waals surface area contributed by atoms with E-state index in [9.17, 15) is 4.79 Å². The van der Waals surface area contributed by atoms with E-state index in [1.165, 1.54) is 4.90 Å². The number of amides is 1. The van der Waals surface area contributed by atoms with Gasteiger partial charge >= 0.3 is 6.09 Å². The third-order valence-electron chi connectivity index (χ3n) is 13.3. The van der Waals surface area contributed by atoms with E-state index in [1.807, 2.05) is 119 Å². The second kappa shape index (κ2) is 17.8. The van der Waals surface area contributed by atoms with Crippen LogP contribution in [0.15, 0.2) is 65.2 Å². The largest absolute Gasteiger partial charge is 0.484 e. The molecule has 7 rings (SSSR count). The molecule has 4 aromatic rings. The smallest absolute Gasteiger partial charge is 0.416 e. The van der Waals surface area contributed by atoms with Crippen molar-refractivity contribution in [2.24, 2.45) is 17.8 Å². The van der Waals surface area contributed by atoms with E-state index in [1.54, 1.807) is 20.8 Å². The summed E-state index contributed by atoms with van der Waals surface area (Å²) in [6.07, 6.45) is 0.407. The van der Waals surface area contributed by atoms with Crippen molar-refractivity contribution in [2.45, 2.75) is 116 Å². The Balaban J connectivity index is 1.44. The highest BCUT2D eigenvalue weighted by molar-refractivity contribution is 6.74. The monoisotopic (exact) mass is 907 g/mol. The van der Waals surface area contributed by atoms with Crippen LogP contribution in [0.5, 0.6) is 11.6 Å². The van der Waals surface area contributed by atoms with Crippen molar-refractivity contribution in [2.75, 3.05) is 44.5 Å². The van der Waals surface area contributed by atoms with Crippen LogP contribution in [0, 0.1) is 17.8 Å². The first-order valence-electron chi connectivity index (χ1n) is 22.6. The van der Waals surface area contributed by atoms with Gasteiger partial charge in [0, 0.05) is 32.1 Å². The fourth-order valence-electron chi connectivity index (χ4n) is 9.33. The fourth-order valence-corrected chi connectivity index (χ4v) is 10.8. The van der Waals surface area contributed by atoms with Crippen LogP contribution in [0.4, 0.5) is 16.4 Å². The van der Waals surface area contributed by atoms with E-state index in [0.29, 0.717) is 23.6 Å². The number of rotatable bonds is 13. The maximum Gasteiger partial charge on any atom is 0.416 e. The Morgan fingerprint density at radius 3 is 2.00 bits per heavy atom. The van der Waals surface area contributed by atoms with E-state index >= 15 is 14.4 Å². The van der Waals surface area contributed by atoms with Gasteiger partial charge in [0.25, 0.3) is 5.88 Å². The molecule has 2 heterocycles. The van der Waals surface area contributed by atoms with Gasteiger partial charge in [-0.3, -0.25) is 24.2 Å². The van der Waals surface area contributed by atoms with Gasteiger partial charge in [-0.1, -0.05) is 88.4 Å². The van der Waals surface area contributed by atoms with E-state index < -0.39 is 71.8 Å². The van der Waals surface area contributed by atoms with Crippen LogP contribution in [-0.2, 0) is 33.6 Å². The fraction of sp³-hybridized carbons (Fsp3) is 0.520. The summed E-state index contributed by atoms with van der Waals surface area (Å²) < 4.78 is 32.3. The lowest BCUT2D eigenvalue weighted by Gasteiger charge is -2.56. The highest BCUT2D eigenvalue weighted by Gasteiger charge is 2.70. The number of fused-ring (bicyclic) bond motifs is 4. The lowest BCUT2D eigenvalue weighted by molar-refractivity contribution is -0.151. The number of ketones is 3. The van der Waals surface area contributed by atoms with E-state index in [4.69, 9.17) is 28.1 Å². The van der Waals surface area contributed by atoms with Crippen LogP contribution >= 0.6 is 0 Å². The Morgan fingerprint density at radius 1 is 0.862 bits per heavy atom. The molecular weight excluding hydrogens is 843 g/mol. The molecule has 0 bridgehead atoms. The van der Waals surface area contributed by atoms with Crippen molar-refractivity contribution in [3.63, 3.8) is 0 Å². The molecule has 0 radical (unpaired) electrons. The molecule has 2 aromatic heterocycles. The predicted molar refractivity (Wildman–Crippen MR) is 250 cm³/mol. The number of hydrogen-bond donors (Lipinski definition) is 0. The van der Waals surface area contributed by atoms with Gasteiger partial charge in [0.1, 0.15) is 30.2 Å². The highest BCUT2D eigenvalue weighted by atomic mass is 28.4. The Kier molecular flexibility index (Phi) is 13.0. The molecule has 0 aliphatic heterocycles. The Hall–Kier alpha value is -5.38. The van der Waals surface area contributed by atoms with Crippen molar-refractivity contribution in [1.29, 1.82) is 0 Å². The lowest BCUT2D eigenvalue weighted by Crippen LogP contribution is -2.70. The molecule has 15 heteroatoms. The molecule has 1 amide bonds. The summed E-state index contributed by atoms with van der Waals surface area (Å²) >= 11 is 0. The van der Waals surface area contributed by atoms with Gasteiger partial charge in [-0.25, -0.2) is 9.78 Å². The van der Waals surface area contributed by atoms with Crippen LogP contribution in [-0.4, -0.2) is 92.7 Å². The first-order valence-corrected chi connectivity index (χ1v) is 25.5. The highest BCUT2D eigenvalue weighted by Crippen LogP contribution is 2.59. The van der Waals surface area contributed by atoms with Crippen molar-refractivity contribution >= 4 is 43.4 Å². The minimum absolute atomic E-state index is 0.0336. The number of anilines is 2. The maximum absolute atomic E-state index is 16.2. The maximum atomic E-state index is 16.2. The van der Waals surface area contributed by atoms with Crippen LogP contribution in [0.2, 0.25) is 18.1 Å². The van der Waals surface area contributed by atoms with Crippen molar-refractivity contribution in [1.82, 2.24) is 15.0 Å². The number of carbonyl (C=O) groups is 4. The molecule has 65 heavy (non-hydrogen) atoms. The number of Topliss-reactive ketones (excluding diaryl/α,β-unsaturated/α-hetero) is 3. The minimum Gasteiger partial charge on any atom is -0.484 e. The Labute approximate surface area is 384 Å². The molecule has 1 saturated carbocycles. The molecule has 3 aliphatic rings. The van der Waals surface area contributed by atoms with Crippen LogP contribution < -0.4 is 19.3 Å². The van der Waals surface area contributed by atoms with Gasteiger partial charge in [-0.15, -0.1) is 0 Å². The molecule has 0 saturated heterocycles. The summed E-state index contributed by atoms with van der Waals surface area (Å²) in [7, 11) is 4.42. The quantitative estimate of drug-likeness (QED) is 0.0926. The third-order valence-corrected chi connectivity index (χ3v) is 17.7. The first-order chi connectivity index (χ1) is 30.5. The lowest BCUT2D eigenvalue weighted by atomic mass is 9.54. The number of hydrogen-bond acceptors (Lipinski definition) is 13. The molecule has 0 N–H and O–H groups in total. The average Bonchev–Trinajstić information content (AvgIpc) is 3.65. The molecule has 2 aromatic carbocycles. The van der Waals surface area contributed by atoms with Crippen LogP contribution in [0.3, 0.4) is 0 Å². The average molecular weight is 908 g/mol. The standard InChI is InChI=1S/C50H65N5O9Si/c1-14-25-55(47(59)62-48(2,3)4)45-41(60-28-30-21-17-15-18-22-30)36-33(44(51-45)54(10)11)26-32-27-34-38(53(8)9)40-37(46(52-63-40)61-29-31-23-19-16-20-24-31)43(58)50(34,42(57)35(32)39(36)56)64-65(12,13)49(5,6)7/h15-24,32,34-35,38H,14,25-29H2,1-13H3/t32-,34-,35?,38-,50-/m0/s1. The first kappa shape index (κ1) is 47.6. The topological polar surface area (TPSA) is 154 Å². The van der Waals surface area contributed by atoms with E-state index in [0.717, 1.165) is 11.1 Å². The predicted octanol–water partition coefficient (Wildman–Crippen LogP) is 9.27. The number of pyridine rings is 1. The number of nitrogens with zero attached hydrogens (tertiary/aromatic N) is 5. The molecular formula is C50H65N5O9Si. The van der Waals surface area contributed by atoms with Crippen molar-refractivity contribution in [3.05, 3.63) is 94.2 Å². The zero-order valence-corrected chi connectivity index (χ0v) is 41.2. The van der Waals surface area contributed by atoms with Gasteiger partial charge in [-0.05, 0) is 94.5 Å². The normalized spacial score (nSPS) is 21.8. The second-order valence-electron chi connectivity index (χ2n) is 20.6. The van der Waals surface area contributed by atoms with E-state index in [-0.39, 0.29) is 61.2 Å². The molecule has 5 atom stereocenters. The number of aromatic nitrogens is 2. The van der Waals surface area contributed by atoms with Gasteiger partial charge in [0.05, 0.1) is 17.5 Å². The molecule has 1 unspecified atom stereocenters. The van der Waals surface area contributed by atoms with Gasteiger partial charge < -0.3 is 28.1 Å². The second-order valence-corrected chi connectivity index (χ2v) is 25.3. The van der Waals surface area contributed by atoms with Gasteiger partial charge in [0.2, 0.25) is 5.78 Å². The zero-order chi connectivity index (χ0) is 47.4.